The smallest absolute Gasteiger partial charge is 0.453 e. The summed E-state index contributed by atoms with van der Waals surface area (Å²) in [6, 6.07) is 0. The van der Waals surface area contributed by atoms with Gasteiger partial charge in [-0.1, -0.05) is 0 Å². The Morgan fingerprint density at radius 3 is 1.25 bits per heavy atom. The molecule has 0 rings (SSSR count). The van der Waals surface area contributed by atoms with Crippen molar-refractivity contribution in [2.75, 3.05) is 0 Å². The first-order valence-electron chi connectivity index (χ1n) is 2.51. The van der Waals surface area contributed by atoms with E-state index in [-0.39, 0.29) is 0 Å². The third-order valence-corrected chi connectivity index (χ3v) is 1.50. The maximum atomic E-state index is 8.24. The Morgan fingerprint density at radius 2 is 1.08 bits per heavy atom. The predicted molar refractivity (Wildman–Crippen MR) is 36.1 cm³/mol. The fourth-order valence-corrected chi connectivity index (χ4v) is 1.10. The average molecular weight is 216 g/mol. The zero-order chi connectivity index (χ0) is 9.99. The minimum absolute atomic E-state index is 0.992. The quantitative estimate of drug-likeness (QED) is 0.208. The van der Waals surface area contributed by atoms with Gasteiger partial charge in [-0.05, 0) is 6.58 Å². The van der Waals surface area contributed by atoms with E-state index in [1.54, 1.807) is 0 Å². The molecule has 0 fully saturated rings. The van der Waals surface area contributed by atoms with Crippen LogP contribution in [0.2, 0.25) is 0 Å². The maximum absolute atomic E-state index is 8.24. The van der Waals surface area contributed by atoms with E-state index in [0.717, 1.165) is 0 Å². The number of hydrogen-bond donors (Lipinski definition) is 6. The Kier molecular flexibility index (Phi) is 3.37. The van der Waals surface area contributed by atoms with Gasteiger partial charge < -0.3 is 37.6 Å². The molecule has 0 atom stereocenters. The first kappa shape index (κ1) is 11.5. The standard InChI is InChI=1S/C2H8O8Si2/c1-2(9-11(3,4)5)10-12(6,7)8/h3-8H,1H2. The van der Waals surface area contributed by atoms with Crippen molar-refractivity contribution in [3.05, 3.63) is 12.5 Å². The van der Waals surface area contributed by atoms with Crippen molar-refractivity contribution in [1.29, 1.82) is 0 Å². The minimum Gasteiger partial charge on any atom is -0.453 e. The maximum Gasteiger partial charge on any atom is 0.743 e. The van der Waals surface area contributed by atoms with Crippen molar-refractivity contribution >= 4 is 18.1 Å². The summed E-state index contributed by atoms with van der Waals surface area (Å²) in [4.78, 5) is 49.5. The first-order valence-corrected chi connectivity index (χ1v) is 6.01. The zero-order valence-electron chi connectivity index (χ0n) is 5.71. The van der Waals surface area contributed by atoms with Crippen LogP contribution in [-0.2, 0) is 8.85 Å². The molecule has 6 N–H and O–H groups in total. The second-order valence-corrected chi connectivity index (χ2v) is 4.43. The summed E-state index contributed by atoms with van der Waals surface area (Å²) >= 11 is 0. The van der Waals surface area contributed by atoms with E-state index < -0.39 is 24.0 Å². The lowest BCUT2D eigenvalue weighted by molar-refractivity contribution is 0.0115. The molecule has 0 saturated carbocycles. The van der Waals surface area contributed by atoms with Crippen molar-refractivity contribution in [3.8, 4) is 0 Å². The van der Waals surface area contributed by atoms with Gasteiger partial charge >= 0.3 is 18.1 Å². The van der Waals surface area contributed by atoms with E-state index in [1.807, 2.05) is 0 Å². The van der Waals surface area contributed by atoms with Crippen LogP contribution < -0.4 is 0 Å². The van der Waals surface area contributed by atoms with Crippen LogP contribution in [0.4, 0.5) is 0 Å². The number of rotatable bonds is 4. The topological polar surface area (TPSA) is 140 Å². The molecule has 0 heterocycles. The molecule has 0 aromatic heterocycles. The van der Waals surface area contributed by atoms with Gasteiger partial charge in [0, 0.05) is 0 Å². The molecular weight excluding hydrogens is 208 g/mol. The minimum atomic E-state index is -4.86. The third kappa shape index (κ3) is 7.64. The highest BCUT2D eigenvalue weighted by Crippen LogP contribution is 2.05. The Morgan fingerprint density at radius 1 is 0.833 bits per heavy atom. The Bertz CT molecular complexity index is 147. The highest BCUT2D eigenvalue weighted by atomic mass is 28.4. The van der Waals surface area contributed by atoms with Crippen molar-refractivity contribution in [3.63, 3.8) is 0 Å². The van der Waals surface area contributed by atoms with Crippen LogP contribution in [0, 0.1) is 0 Å². The summed E-state index contributed by atoms with van der Waals surface area (Å²) in [7, 11) is -9.71. The van der Waals surface area contributed by atoms with Gasteiger partial charge in [0.1, 0.15) is 0 Å². The van der Waals surface area contributed by atoms with Gasteiger partial charge in [-0.25, -0.2) is 0 Å². The molecule has 0 unspecified atom stereocenters. The third-order valence-electron chi connectivity index (χ3n) is 0.502. The lowest BCUT2D eigenvalue weighted by atomic mass is 11.1. The van der Waals surface area contributed by atoms with Gasteiger partial charge in [0.25, 0.3) is 5.95 Å². The molecule has 10 heteroatoms. The first-order chi connectivity index (χ1) is 5.10. The monoisotopic (exact) mass is 216 g/mol. The van der Waals surface area contributed by atoms with Crippen molar-refractivity contribution in [1.82, 2.24) is 0 Å². The summed E-state index contributed by atoms with van der Waals surface area (Å²) in [5.41, 5.74) is 0. The summed E-state index contributed by atoms with van der Waals surface area (Å²) in [5.74, 6) is -0.992. The van der Waals surface area contributed by atoms with Crippen LogP contribution in [0.5, 0.6) is 0 Å². The van der Waals surface area contributed by atoms with Gasteiger partial charge in [0.05, 0.1) is 0 Å². The van der Waals surface area contributed by atoms with Crippen molar-refractivity contribution in [2.24, 2.45) is 0 Å². The van der Waals surface area contributed by atoms with Crippen molar-refractivity contribution in [2.45, 2.75) is 0 Å². The molecule has 0 saturated heterocycles. The normalized spacial score (nSPS) is 12.5. The molecule has 0 aliphatic carbocycles. The van der Waals surface area contributed by atoms with Crippen LogP contribution in [0.25, 0.3) is 0 Å². The lowest BCUT2D eigenvalue weighted by Gasteiger charge is -2.16. The zero-order valence-corrected chi connectivity index (χ0v) is 7.71. The van der Waals surface area contributed by atoms with Gasteiger partial charge in [-0.3, -0.25) is 0 Å². The van der Waals surface area contributed by atoms with Gasteiger partial charge in [-0.15, -0.1) is 0 Å². The highest BCUT2D eigenvalue weighted by molar-refractivity contribution is 6.50. The average Bonchev–Trinajstić information content (AvgIpc) is 1.49. The molecule has 8 nitrogen and oxygen atoms in total. The number of hydrogen-bond acceptors (Lipinski definition) is 8. The van der Waals surface area contributed by atoms with E-state index in [0.29, 0.717) is 0 Å². The van der Waals surface area contributed by atoms with E-state index in [9.17, 15) is 0 Å². The summed E-state index contributed by atoms with van der Waals surface area (Å²) in [6.07, 6.45) is 0. The lowest BCUT2D eigenvalue weighted by Crippen LogP contribution is -2.43. The molecular formula is C2H8O8Si2. The summed E-state index contributed by atoms with van der Waals surface area (Å²) in [5, 5.41) is 0. The molecule has 12 heavy (non-hydrogen) atoms. The van der Waals surface area contributed by atoms with Gasteiger partial charge in [0.2, 0.25) is 0 Å². The molecule has 0 bridgehead atoms. The fourth-order valence-electron chi connectivity index (χ4n) is 0.326. The van der Waals surface area contributed by atoms with Crippen LogP contribution in [-0.4, -0.2) is 46.9 Å². The molecule has 0 spiro atoms. The molecule has 0 aromatic rings. The summed E-state index contributed by atoms with van der Waals surface area (Å²) in [6.45, 7) is 2.79. The predicted octanol–water partition coefficient (Wildman–Crippen LogP) is -3.68. The molecule has 0 aliphatic rings. The molecule has 0 aromatic carbocycles. The molecule has 0 amide bonds. The fraction of sp³-hybridized carbons (Fsp3) is 0. The Hall–Kier alpha value is -0.466. The van der Waals surface area contributed by atoms with E-state index >= 15 is 0 Å². The summed E-state index contributed by atoms with van der Waals surface area (Å²) < 4.78 is 7.51. The Labute approximate surface area is 69.2 Å². The molecule has 0 aliphatic heterocycles. The largest absolute Gasteiger partial charge is 0.743 e. The van der Waals surface area contributed by atoms with Crippen molar-refractivity contribution < 1.29 is 37.6 Å². The van der Waals surface area contributed by atoms with Crippen LogP contribution in [0.15, 0.2) is 12.5 Å². The van der Waals surface area contributed by atoms with Gasteiger partial charge in [0.15, 0.2) is 0 Å². The van der Waals surface area contributed by atoms with Gasteiger partial charge in [-0.2, -0.15) is 0 Å². The molecule has 72 valence electrons. The SMILES string of the molecule is C=C(O[Si](O)(O)O)O[Si](O)(O)O. The van der Waals surface area contributed by atoms with E-state index in [1.165, 1.54) is 0 Å². The Balaban J connectivity index is 3.92. The van der Waals surface area contributed by atoms with Crippen LogP contribution in [0.1, 0.15) is 0 Å². The van der Waals surface area contributed by atoms with E-state index in [4.69, 9.17) is 28.8 Å². The van der Waals surface area contributed by atoms with Crippen LogP contribution in [0.3, 0.4) is 0 Å². The van der Waals surface area contributed by atoms with Crippen LogP contribution >= 0.6 is 0 Å². The second kappa shape index (κ2) is 3.50. The van der Waals surface area contributed by atoms with E-state index in [2.05, 4.69) is 15.4 Å². The molecule has 0 radical (unpaired) electrons. The second-order valence-electron chi connectivity index (χ2n) is 1.72. The highest BCUT2D eigenvalue weighted by Gasteiger charge is 2.40.